The summed E-state index contributed by atoms with van der Waals surface area (Å²) in [5.74, 6) is 1.21. The molecule has 0 spiro atoms. The molecule has 0 aliphatic heterocycles. The summed E-state index contributed by atoms with van der Waals surface area (Å²) in [5.41, 5.74) is 7.98. The molecule has 28 heavy (non-hydrogen) atoms. The molecule has 0 aliphatic carbocycles. The van der Waals surface area contributed by atoms with Crippen LogP contribution in [0.5, 0.6) is 0 Å². The van der Waals surface area contributed by atoms with Crippen LogP contribution in [0.1, 0.15) is 22.3 Å². The van der Waals surface area contributed by atoms with Crippen LogP contribution in [0, 0.1) is 0 Å². The van der Waals surface area contributed by atoms with Crippen molar-refractivity contribution < 1.29 is 0 Å². The van der Waals surface area contributed by atoms with E-state index in [0.717, 1.165) is 5.69 Å². The number of hydrogen-bond acceptors (Lipinski definition) is 7. The Morgan fingerprint density at radius 3 is 2.32 bits per heavy atom. The summed E-state index contributed by atoms with van der Waals surface area (Å²) in [6, 6.07) is 24.3. The first-order chi connectivity index (χ1) is 13.8. The molecule has 0 saturated carbocycles. The van der Waals surface area contributed by atoms with Crippen molar-refractivity contribution in [3.8, 4) is 0 Å². The lowest BCUT2D eigenvalue weighted by Gasteiger charge is -2.18. The van der Waals surface area contributed by atoms with Crippen molar-refractivity contribution in [1.82, 2.24) is 20.3 Å². The van der Waals surface area contributed by atoms with E-state index in [4.69, 9.17) is 5.73 Å². The molecule has 0 radical (unpaired) electrons. The summed E-state index contributed by atoms with van der Waals surface area (Å²) in [4.78, 5) is 14.2. The number of rotatable bonds is 7. The van der Waals surface area contributed by atoms with Crippen LogP contribution in [0.4, 0.5) is 17.6 Å². The predicted octanol–water partition coefficient (Wildman–Crippen LogP) is 4.14. The Morgan fingerprint density at radius 2 is 1.61 bits per heavy atom. The van der Waals surface area contributed by atoms with Gasteiger partial charge in [0.05, 0.1) is 12.6 Å². The van der Waals surface area contributed by atoms with Gasteiger partial charge < -0.3 is 11.1 Å². The molecule has 7 heteroatoms. The van der Waals surface area contributed by atoms with E-state index in [2.05, 4.69) is 55.2 Å². The van der Waals surface area contributed by atoms with Crippen molar-refractivity contribution in [2.24, 2.45) is 0 Å². The minimum atomic E-state index is 0.0599. The fraction of sp³-hybridized carbons (Fsp3) is 0.0952. The average Bonchev–Trinajstić information content (AvgIpc) is 3.24. The largest absolute Gasteiger partial charge is 0.368 e. The van der Waals surface area contributed by atoms with E-state index in [0.29, 0.717) is 18.3 Å². The fourth-order valence-electron chi connectivity index (χ4n) is 2.90. The van der Waals surface area contributed by atoms with Gasteiger partial charge in [-0.1, -0.05) is 54.6 Å². The van der Waals surface area contributed by atoms with Crippen LogP contribution in [-0.2, 0) is 6.54 Å². The first-order valence-corrected chi connectivity index (χ1v) is 9.80. The average molecular weight is 389 g/mol. The molecule has 0 bridgehead atoms. The van der Waals surface area contributed by atoms with Gasteiger partial charge in [-0.15, -0.1) is 11.3 Å². The Morgan fingerprint density at radius 1 is 0.857 bits per heavy atom. The van der Waals surface area contributed by atoms with Gasteiger partial charge in [-0.05, 0) is 29.1 Å². The number of aromatic nitrogens is 3. The highest BCUT2D eigenvalue weighted by Crippen LogP contribution is 2.26. The molecule has 0 unspecified atom stereocenters. The van der Waals surface area contributed by atoms with Gasteiger partial charge >= 0.3 is 0 Å². The zero-order chi connectivity index (χ0) is 19.2. The maximum Gasteiger partial charge on any atom is 0.232 e. The van der Waals surface area contributed by atoms with E-state index in [-0.39, 0.29) is 12.0 Å². The second-order valence-corrected chi connectivity index (χ2v) is 7.14. The maximum atomic E-state index is 5.90. The number of anilines is 3. The molecule has 0 aliphatic rings. The predicted molar refractivity (Wildman–Crippen MR) is 113 cm³/mol. The van der Waals surface area contributed by atoms with Crippen molar-refractivity contribution >= 4 is 28.9 Å². The molecule has 140 valence electrons. The fourth-order valence-corrected chi connectivity index (χ4v) is 3.73. The zero-order valence-corrected chi connectivity index (χ0v) is 15.9. The number of nitrogens with one attached hydrogen (secondary N) is 2. The van der Waals surface area contributed by atoms with Crippen LogP contribution < -0.4 is 16.4 Å². The first kappa shape index (κ1) is 18.1. The quantitative estimate of drug-likeness (QED) is 0.441. The van der Waals surface area contributed by atoms with Gasteiger partial charge in [0.1, 0.15) is 5.82 Å². The van der Waals surface area contributed by atoms with E-state index < -0.39 is 0 Å². The van der Waals surface area contributed by atoms with Crippen LogP contribution in [0.3, 0.4) is 0 Å². The molecule has 1 atom stereocenters. The lowest BCUT2D eigenvalue weighted by atomic mass is 10.1. The molecular formula is C21H20N6S. The Labute approximate surface area is 167 Å². The lowest BCUT2D eigenvalue weighted by molar-refractivity contribution is 0.593. The van der Waals surface area contributed by atoms with Crippen molar-refractivity contribution in [2.75, 3.05) is 11.1 Å². The highest BCUT2D eigenvalue weighted by molar-refractivity contribution is 7.10. The summed E-state index contributed by atoms with van der Waals surface area (Å²) < 4.78 is 0. The highest BCUT2D eigenvalue weighted by atomic mass is 32.1. The van der Waals surface area contributed by atoms with Gasteiger partial charge in [-0.2, -0.15) is 15.0 Å². The van der Waals surface area contributed by atoms with Crippen molar-refractivity contribution in [1.29, 1.82) is 0 Å². The number of nitrogen functional groups attached to an aromatic ring is 1. The van der Waals surface area contributed by atoms with Gasteiger partial charge in [0.25, 0.3) is 0 Å². The molecule has 4 rings (SSSR count). The molecule has 0 saturated heterocycles. The number of nitrogens with two attached hydrogens (primary N) is 1. The standard InChI is InChI=1S/C21H20N6S/c22-20-25-18(26-21(27-20)24-16-10-5-2-6-11-16)14-23-19(17-12-7-13-28-17)15-8-3-1-4-9-15/h1-13,19,23H,14H2,(H3,22,24,25,26,27)/t19-/m0/s1. The Kier molecular flexibility index (Phi) is 5.56. The molecule has 6 nitrogen and oxygen atoms in total. The second kappa shape index (κ2) is 8.60. The number of hydrogen-bond donors (Lipinski definition) is 3. The molecule has 4 aromatic rings. The Bertz CT molecular complexity index is 1010. The normalized spacial score (nSPS) is 11.9. The highest BCUT2D eigenvalue weighted by Gasteiger charge is 2.15. The summed E-state index contributed by atoms with van der Waals surface area (Å²) in [6.07, 6.45) is 0. The van der Waals surface area contributed by atoms with Gasteiger partial charge in [-0.3, -0.25) is 5.32 Å². The van der Waals surface area contributed by atoms with Crippen LogP contribution >= 0.6 is 11.3 Å². The summed E-state index contributed by atoms with van der Waals surface area (Å²) in [7, 11) is 0. The Balaban J connectivity index is 1.53. The Hall–Kier alpha value is -3.29. The molecule has 4 N–H and O–H groups in total. The monoisotopic (exact) mass is 388 g/mol. The molecule has 2 aromatic carbocycles. The van der Waals surface area contributed by atoms with Crippen LogP contribution in [-0.4, -0.2) is 15.0 Å². The molecule has 0 amide bonds. The summed E-state index contributed by atoms with van der Waals surface area (Å²) in [6.45, 7) is 0.466. The summed E-state index contributed by atoms with van der Waals surface area (Å²) >= 11 is 1.72. The van der Waals surface area contributed by atoms with Crippen LogP contribution in [0.15, 0.2) is 78.2 Å². The number of nitrogens with zero attached hydrogens (tertiary/aromatic N) is 3. The third-order valence-electron chi connectivity index (χ3n) is 4.15. The molecule has 2 aromatic heterocycles. The van der Waals surface area contributed by atoms with Gasteiger partial charge in [0, 0.05) is 10.6 Å². The molecular weight excluding hydrogens is 368 g/mol. The minimum absolute atomic E-state index is 0.0599. The van der Waals surface area contributed by atoms with Gasteiger partial charge in [-0.25, -0.2) is 0 Å². The maximum absolute atomic E-state index is 5.90. The van der Waals surface area contributed by atoms with Crippen molar-refractivity contribution in [3.63, 3.8) is 0 Å². The van der Waals surface area contributed by atoms with E-state index in [1.807, 2.05) is 48.5 Å². The van der Waals surface area contributed by atoms with E-state index in [9.17, 15) is 0 Å². The zero-order valence-electron chi connectivity index (χ0n) is 15.1. The van der Waals surface area contributed by atoms with Gasteiger partial charge in [0.15, 0.2) is 0 Å². The van der Waals surface area contributed by atoms with Crippen LogP contribution in [0.25, 0.3) is 0 Å². The topological polar surface area (TPSA) is 88.8 Å². The van der Waals surface area contributed by atoms with E-state index in [1.54, 1.807) is 11.3 Å². The van der Waals surface area contributed by atoms with Crippen LogP contribution in [0.2, 0.25) is 0 Å². The first-order valence-electron chi connectivity index (χ1n) is 8.92. The van der Waals surface area contributed by atoms with E-state index >= 15 is 0 Å². The lowest BCUT2D eigenvalue weighted by Crippen LogP contribution is -2.23. The smallest absolute Gasteiger partial charge is 0.232 e. The van der Waals surface area contributed by atoms with Crippen molar-refractivity contribution in [2.45, 2.75) is 12.6 Å². The van der Waals surface area contributed by atoms with E-state index in [1.165, 1.54) is 10.4 Å². The second-order valence-electron chi connectivity index (χ2n) is 6.16. The third kappa shape index (κ3) is 4.51. The summed E-state index contributed by atoms with van der Waals surface area (Å²) in [5, 5.41) is 8.79. The van der Waals surface area contributed by atoms with Crippen molar-refractivity contribution in [3.05, 3.63) is 94.4 Å². The number of benzene rings is 2. The number of thiophene rings is 1. The molecule has 2 heterocycles. The SMILES string of the molecule is Nc1nc(CN[C@@H](c2ccccc2)c2cccs2)nc(Nc2ccccc2)n1. The molecule has 0 fully saturated rings. The third-order valence-corrected chi connectivity index (χ3v) is 5.09. The number of para-hydroxylation sites is 1. The minimum Gasteiger partial charge on any atom is -0.368 e. The van der Waals surface area contributed by atoms with Gasteiger partial charge in [0.2, 0.25) is 11.9 Å².